The summed E-state index contributed by atoms with van der Waals surface area (Å²) in [5.74, 6) is 0. The molecule has 0 atom stereocenters. The molecule has 1 aliphatic rings. The van der Waals surface area contributed by atoms with Gasteiger partial charge in [-0.2, -0.15) is 4.81 Å². The highest BCUT2D eigenvalue weighted by Gasteiger charge is 2.43. The molecule has 0 aromatic rings. The first-order chi connectivity index (χ1) is 5.56. The Bertz CT molecular complexity index is 243. The van der Waals surface area contributed by atoms with Crippen LogP contribution in [0, 0.1) is 0 Å². The van der Waals surface area contributed by atoms with Crippen molar-refractivity contribution in [3.05, 3.63) is 5.43 Å². The first-order valence-electron chi connectivity index (χ1n) is 4.82. The van der Waals surface area contributed by atoms with Crippen LogP contribution in [0.3, 0.4) is 0 Å². The lowest BCUT2D eigenvalue weighted by Crippen LogP contribution is -2.39. The highest BCUT2D eigenvalue weighted by molar-refractivity contribution is 5.10. The van der Waals surface area contributed by atoms with Crippen molar-refractivity contribution < 1.29 is 4.81 Å². The zero-order chi connectivity index (χ0) is 10.5. The fourth-order valence-electron chi connectivity index (χ4n) is 1.04. The van der Waals surface area contributed by atoms with E-state index in [0.29, 0.717) is 0 Å². The molecule has 0 saturated carbocycles. The largest absolute Gasteiger partial charge is 0.213 e. The SMILES string of the molecule is CC(C)(C)[N+]1=NC(C)(C)C(C)(C)[N-]1. The molecular formula is C10H21N3. The van der Waals surface area contributed by atoms with Crippen LogP contribution in [-0.4, -0.2) is 21.4 Å². The van der Waals surface area contributed by atoms with Gasteiger partial charge in [-0.25, -0.2) is 10.5 Å². The Morgan fingerprint density at radius 2 is 1.54 bits per heavy atom. The maximum absolute atomic E-state index is 4.61. The van der Waals surface area contributed by atoms with Crippen molar-refractivity contribution in [2.24, 2.45) is 5.11 Å². The summed E-state index contributed by atoms with van der Waals surface area (Å²) in [4.78, 5) is 1.85. The topological polar surface area (TPSA) is 29.5 Å². The molecular weight excluding hydrogens is 162 g/mol. The summed E-state index contributed by atoms with van der Waals surface area (Å²) in [5, 5.41) is 4.61. The highest BCUT2D eigenvalue weighted by atomic mass is 15.7. The van der Waals surface area contributed by atoms with Crippen molar-refractivity contribution in [3.63, 3.8) is 0 Å². The minimum Gasteiger partial charge on any atom is -0.213 e. The predicted molar refractivity (Wildman–Crippen MR) is 54.0 cm³/mol. The Balaban J connectivity index is 3.00. The molecule has 0 spiro atoms. The fraction of sp³-hybridized carbons (Fsp3) is 1.00. The molecule has 1 rings (SSSR count). The number of hydrogen-bond acceptors (Lipinski definition) is 1. The van der Waals surface area contributed by atoms with Crippen molar-refractivity contribution >= 4 is 0 Å². The van der Waals surface area contributed by atoms with Crippen LogP contribution in [0.1, 0.15) is 48.5 Å². The second-order valence-electron chi connectivity index (χ2n) is 5.78. The van der Waals surface area contributed by atoms with Crippen LogP contribution in [0.2, 0.25) is 0 Å². The van der Waals surface area contributed by atoms with Gasteiger partial charge in [-0.3, -0.25) is 0 Å². The van der Waals surface area contributed by atoms with Gasteiger partial charge in [0.15, 0.2) is 5.54 Å². The molecule has 3 heteroatoms. The summed E-state index contributed by atoms with van der Waals surface area (Å²) < 4.78 is 0. The van der Waals surface area contributed by atoms with E-state index in [1.165, 1.54) is 0 Å². The normalized spacial score (nSPS) is 25.3. The second kappa shape index (κ2) is 2.46. The maximum atomic E-state index is 4.61. The second-order valence-corrected chi connectivity index (χ2v) is 5.78. The van der Waals surface area contributed by atoms with E-state index in [0.717, 1.165) is 0 Å². The molecule has 0 saturated heterocycles. The summed E-state index contributed by atoms with van der Waals surface area (Å²) in [6.45, 7) is 14.9. The monoisotopic (exact) mass is 183 g/mol. The fourth-order valence-corrected chi connectivity index (χ4v) is 1.04. The Kier molecular flexibility index (Phi) is 1.98. The Morgan fingerprint density at radius 3 is 1.69 bits per heavy atom. The zero-order valence-corrected chi connectivity index (χ0v) is 9.84. The van der Waals surface area contributed by atoms with Crippen LogP contribution in [0.4, 0.5) is 0 Å². The van der Waals surface area contributed by atoms with Crippen LogP contribution < -0.4 is 0 Å². The third-order valence-corrected chi connectivity index (χ3v) is 2.79. The molecule has 0 aromatic heterocycles. The molecule has 0 radical (unpaired) electrons. The molecule has 1 aliphatic heterocycles. The third kappa shape index (κ3) is 1.69. The lowest BCUT2D eigenvalue weighted by molar-refractivity contribution is -0.610. The summed E-state index contributed by atoms with van der Waals surface area (Å²) in [6, 6.07) is 0. The number of azo groups is 1. The quantitative estimate of drug-likeness (QED) is 0.516. The van der Waals surface area contributed by atoms with E-state index >= 15 is 0 Å². The summed E-state index contributed by atoms with van der Waals surface area (Å²) >= 11 is 0. The molecule has 3 nitrogen and oxygen atoms in total. The summed E-state index contributed by atoms with van der Waals surface area (Å²) in [7, 11) is 0. The standard InChI is InChI=1S/C10H21N3/c1-8(2,3)13-11-9(4,5)10(6,7)12-13/h1-7H3. The lowest BCUT2D eigenvalue weighted by Gasteiger charge is -2.33. The Labute approximate surface area is 81.2 Å². The van der Waals surface area contributed by atoms with Gasteiger partial charge in [0.25, 0.3) is 0 Å². The molecule has 0 aromatic carbocycles. The Hall–Kier alpha value is -0.600. The van der Waals surface area contributed by atoms with Crippen LogP contribution >= 0.6 is 0 Å². The van der Waals surface area contributed by atoms with Gasteiger partial charge in [-0.1, -0.05) is 27.7 Å². The lowest BCUT2D eigenvalue weighted by atomic mass is 9.85. The van der Waals surface area contributed by atoms with E-state index in [1.54, 1.807) is 0 Å². The van der Waals surface area contributed by atoms with Crippen LogP contribution in [0.15, 0.2) is 5.11 Å². The predicted octanol–water partition coefficient (Wildman–Crippen LogP) is 3.11. The van der Waals surface area contributed by atoms with Crippen LogP contribution in [-0.2, 0) is 0 Å². The van der Waals surface area contributed by atoms with Crippen LogP contribution in [0.25, 0.3) is 5.43 Å². The van der Waals surface area contributed by atoms with Gasteiger partial charge in [0.1, 0.15) is 0 Å². The molecule has 0 fully saturated rings. The van der Waals surface area contributed by atoms with E-state index in [2.05, 4.69) is 59.0 Å². The number of rotatable bonds is 0. The highest BCUT2D eigenvalue weighted by Crippen LogP contribution is 2.41. The number of nitrogens with zero attached hydrogens (tertiary/aromatic N) is 3. The number of hydrogen-bond donors (Lipinski definition) is 0. The first kappa shape index (κ1) is 10.5. The van der Waals surface area contributed by atoms with Gasteiger partial charge < -0.3 is 0 Å². The molecule has 76 valence electrons. The van der Waals surface area contributed by atoms with E-state index in [1.807, 2.05) is 4.81 Å². The van der Waals surface area contributed by atoms with Crippen LogP contribution in [0.5, 0.6) is 0 Å². The van der Waals surface area contributed by atoms with E-state index in [9.17, 15) is 0 Å². The summed E-state index contributed by atoms with van der Waals surface area (Å²) in [5.41, 5.74) is 4.41. The summed E-state index contributed by atoms with van der Waals surface area (Å²) in [6.07, 6.45) is 0. The minimum absolute atomic E-state index is 0.00889. The van der Waals surface area contributed by atoms with Crippen molar-refractivity contribution in [3.8, 4) is 0 Å². The van der Waals surface area contributed by atoms with Gasteiger partial charge >= 0.3 is 0 Å². The van der Waals surface area contributed by atoms with E-state index in [4.69, 9.17) is 0 Å². The molecule has 0 amide bonds. The van der Waals surface area contributed by atoms with Gasteiger partial charge in [-0.15, -0.1) is 0 Å². The molecule has 0 N–H and O–H groups in total. The first-order valence-corrected chi connectivity index (χ1v) is 4.82. The average molecular weight is 183 g/mol. The maximum Gasteiger partial charge on any atom is 0.173 e. The van der Waals surface area contributed by atoms with Gasteiger partial charge in [-0.05, 0) is 0 Å². The molecule has 0 aliphatic carbocycles. The van der Waals surface area contributed by atoms with Crippen molar-refractivity contribution in [2.45, 2.75) is 65.1 Å². The van der Waals surface area contributed by atoms with Gasteiger partial charge in [0.05, 0.1) is 0 Å². The minimum atomic E-state index is -0.0969. The molecule has 13 heavy (non-hydrogen) atoms. The van der Waals surface area contributed by atoms with E-state index in [-0.39, 0.29) is 16.6 Å². The van der Waals surface area contributed by atoms with Gasteiger partial charge in [0, 0.05) is 31.8 Å². The average Bonchev–Trinajstić information content (AvgIpc) is 2.00. The van der Waals surface area contributed by atoms with E-state index < -0.39 is 0 Å². The van der Waals surface area contributed by atoms with Gasteiger partial charge in [0.2, 0.25) is 0 Å². The van der Waals surface area contributed by atoms with Crippen molar-refractivity contribution in [1.29, 1.82) is 0 Å². The third-order valence-electron chi connectivity index (χ3n) is 2.79. The molecule has 0 bridgehead atoms. The molecule has 0 unspecified atom stereocenters. The van der Waals surface area contributed by atoms with Crippen molar-refractivity contribution in [2.75, 3.05) is 0 Å². The molecule has 1 heterocycles. The Morgan fingerprint density at radius 1 is 1.08 bits per heavy atom. The smallest absolute Gasteiger partial charge is 0.173 e. The zero-order valence-electron chi connectivity index (χ0n) is 9.84. The van der Waals surface area contributed by atoms with Crippen molar-refractivity contribution in [1.82, 2.24) is 0 Å².